The number of hydrogen-bond donors (Lipinski definition) is 2. The van der Waals surface area contributed by atoms with Crippen LogP contribution in [0.15, 0.2) is 0 Å². The summed E-state index contributed by atoms with van der Waals surface area (Å²) in [5.74, 6) is -0.187. The number of aliphatic hydroxyl groups excluding tert-OH is 1. The average molecular weight is 314 g/mol. The van der Waals surface area contributed by atoms with Gasteiger partial charge in [0.05, 0.1) is 6.10 Å². The second-order valence-corrected chi connectivity index (χ2v) is 6.69. The Balaban J connectivity index is 3.15. The minimum Gasteiger partial charge on any atom is -0.393 e. The monoisotopic (exact) mass is 313 g/mol. The van der Waals surface area contributed by atoms with E-state index < -0.39 is 0 Å². The highest BCUT2D eigenvalue weighted by molar-refractivity contribution is 5.73. The smallest absolute Gasteiger partial charge is 0.217 e. The minimum absolute atomic E-state index is 0.0921. The Hall–Kier alpha value is -0.570. The maximum absolute atomic E-state index is 10.6. The number of rotatable bonds is 17. The lowest BCUT2D eigenvalue weighted by molar-refractivity contribution is -0.118. The fourth-order valence-electron chi connectivity index (χ4n) is 2.87. The summed E-state index contributed by atoms with van der Waals surface area (Å²) in [5.41, 5.74) is 5.10. The second kappa shape index (κ2) is 16.8. The van der Waals surface area contributed by atoms with Gasteiger partial charge in [0.25, 0.3) is 0 Å². The van der Waals surface area contributed by atoms with Gasteiger partial charge in [-0.2, -0.15) is 0 Å². The summed E-state index contributed by atoms with van der Waals surface area (Å²) in [6.45, 7) is 2.25. The van der Waals surface area contributed by atoms with Gasteiger partial charge >= 0.3 is 0 Å². The summed E-state index contributed by atoms with van der Waals surface area (Å²) in [6.07, 6.45) is 18.3. The van der Waals surface area contributed by atoms with E-state index >= 15 is 0 Å². The first-order valence-corrected chi connectivity index (χ1v) is 9.63. The summed E-state index contributed by atoms with van der Waals surface area (Å²) in [5, 5.41) is 9.94. The molecule has 0 radical (unpaired) electrons. The molecule has 0 bridgehead atoms. The Morgan fingerprint density at radius 1 is 0.773 bits per heavy atom. The molecule has 0 fully saturated rings. The van der Waals surface area contributed by atoms with E-state index in [9.17, 15) is 9.90 Å². The van der Waals surface area contributed by atoms with Crippen LogP contribution in [0.1, 0.15) is 110 Å². The van der Waals surface area contributed by atoms with Gasteiger partial charge in [-0.15, -0.1) is 0 Å². The normalized spacial score (nSPS) is 12.5. The van der Waals surface area contributed by atoms with Crippen LogP contribution in [0, 0.1) is 0 Å². The first-order chi connectivity index (χ1) is 10.7. The Morgan fingerprint density at radius 3 is 1.64 bits per heavy atom. The van der Waals surface area contributed by atoms with E-state index in [4.69, 9.17) is 5.73 Å². The molecule has 0 saturated heterocycles. The van der Waals surface area contributed by atoms with Gasteiger partial charge in [-0.25, -0.2) is 0 Å². The topological polar surface area (TPSA) is 63.3 Å². The molecule has 3 heteroatoms. The SMILES string of the molecule is CCCCCCCCCC(O)CCCCCCCCC(N)=O. The first kappa shape index (κ1) is 21.4. The van der Waals surface area contributed by atoms with E-state index in [0.29, 0.717) is 6.42 Å². The Kier molecular flexibility index (Phi) is 16.4. The van der Waals surface area contributed by atoms with Crippen molar-refractivity contribution < 1.29 is 9.90 Å². The molecule has 0 aromatic carbocycles. The number of carbonyl (C=O) groups is 1. The second-order valence-electron chi connectivity index (χ2n) is 6.69. The molecule has 1 atom stereocenters. The van der Waals surface area contributed by atoms with Crippen LogP contribution in [0.4, 0.5) is 0 Å². The fraction of sp³-hybridized carbons (Fsp3) is 0.947. The number of amides is 1. The van der Waals surface area contributed by atoms with Gasteiger partial charge in [0.1, 0.15) is 0 Å². The van der Waals surface area contributed by atoms with Gasteiger partial charge in [-0.05, 0) is 19.3 Å². The van der Waals surface area contributed by atoms with Crippen molar-refractivity contribution in [2.24, 2.45) is 5.73 Å². The molecule has 3 nitrogen and oxygen atoms in total. The summed E-state index contributed by atoms with van der Waals surface area (Å²) >= 11 is 0. The number of carbonyl (C=O) groups excluding carboxylic acids is 1. The summed E-state index contributed by atoms with van der Waals surface area (Å²) in [4.78, 5) is 10.6. The van der Waals surface area contributed by atoms with Crippen LogP contribution < -0.4 is 5.73 Å². The zero-order valence-corrected chi connectivity index (χ0v) is 14.8. The quantitative estimate of drug-likeness (QED) is 0.367. The predicted molar refractivity (Wildman–Crippen MR) is 94.7 cm³/mol. The third-order valence-corrected chi connectivity index (χ3v) is 4.35. The highest BCUT2D eigenvalue weighted by Gasteiger charge is 2.03. The molecule has 0 aromatic rings. The molecule has 0 rings (SSSR count). The Labute approximate surface area is 138 Å². The zero-order chi connectivity index (χ0) is 16.5. The number of primary amides is 1. The summed E-state index contributed by atoms with van der Waals surface area (Å²) < 4.78 is 0. The molecule has 0 aliphatic carbocycles. The van der Waals surface area contributed by atoms with Crippen LogP contribution in [-0.4, -0.2) is 17.1 Å². The molecule has 3 N–H and O–H groups in total. The van der Waals surface area contributed by atoms with Crippen LogP contribution in [0.3, 0.4) is 0 Å². The molecular weight excluding hydrogens is 274 g/mol. The van der Waals surface area contributed by atoms with Crippen molar-refractivity contribution in [3.63, 3.8) is 0 Å². The molecule has 0 aliphatic heterocycles. The highest BCUT2D eigenvalue weighted by Crippen LogP contribution is 2.14. The highest BCUT2D eigenvalue weighted by atomic mass is 16.3. The maximum Gasteiger partial charge on any atom is 0.217 e. The lowest BCUT2D eigenvalue weighted by Crippen LogP contribution is -2.09. The largest absolute Gasteiger partial charge is 0.393 e. The molecule has 1 unspecified atom stereocenters. The van der Waals surface area contributed by atoms with E-state index in [1.807, 2.05) is 0 Å². The zero-order valence-electron chi connectivity index (χ0n) is 14.8. The molecule has 0 heterocycles. The molecule has 0 spiro atoms. The van der Waals surface area contributed by atoms with Crippen molar-refractivity contribution in [1.82, 2.24) is 0 Å². The first-order valence-electron chi connectivity index (χ1n) is 9.63. The number of hydrogen-bond acceptors (Lipinski definition) is 2. The van der Waals surface area contributed by atoms with Crippen LogP contribution in [0.2, 0.25) is 0 Å². The molecule has 0 aromatic heterocycles. The van der Waals surface area contributed by atoms with Gasteiger partial charge in [-0.3, -0.25) is 4.79 Å². The fourth-order valence-corrected chi connectivity index (χ4v) is 2.87. The summed E-state index contributed by atoms with van der Waals surface area (Å²) in [7, 11) is 0. The van der Waals surface area contributed by atoms with Crippen molar-refractivity contribution in [3.8, 4) is 0 Å². The molecule has 132 valence electrons. The Bertz CT molecular complexity index is 244. The predicted octanol–water partition coefficient (Wildman–Crippen LogP) is 5.09. The minimum atomic E-state index is -0.187. The molecule has 0 aliphatic rings. The van der Waals surface area contributed by atoms with Crippen molar-refractivity contribution in [3.05, 3.63) is 0 Å². The molecule has 1 amide bonds. The van der Waals surface area contributed by atoms with Gasteiger partial charge in [0.15, 0.2) is 0 Å². The number of aliphatic hydroxyl groups is 1. The van der Waals surface area contributed by atoms with Gasteiger partial charge < -0.3 is 10.8 Å². The van der Waals surface area contributed by atoms with Crippen LogP contribution in [-0.2, 0) is 4.79 Å². The molecule has 0 saturated carbocycles. The summed E-state index contributed by atoms with van der Waals surface area (Å²) in [6, 6.07) is 0. The van der Waals surface area contributed by atoms with Crippen molar-refractivity contribution >= 4 is 5.91 Å². The van der Waals surface area contributed by atoms with Gasteiger partial charge in [0, 0.05) is 6.42 Å². The van der Waals surface area contributed by atoms with E-state index in [0.717, 1.165) is 32.1 Å². The molecule has 22 heavy (non-hydrogen) atoms. The van der Waals surface area contributed by atoms with Crippen molar-refractivity contribution in [2.45, 2.75) is 116 Å². The standard InChI is InChI=1S/C19H39NO2/c1-2-3-4-5-6-9-12-15-18(21)16-13-10-7-8-11-14-17-19(20)22/h18,21H,2-17H2,1H3,(H2,20,22). The van der Waals surface area contributed by atoms with Gasteiger partial charge in [0.2, 0.25) is 5.91 Å². The third kappa shape index (κ3) is 17.5. The van der Waals surface area contributed by atoms with Crippen LogP contribution in [0.25, 0.3) is 0 Å². The Morgan fingerprint density at radius 2 is 1.18 bits per heavy atom. The van der Waals surface area contributed by atoms with Crippen LogP contribution >= 0.6 is 0 Å². The van der Waals surface area contributed by atoms with Crippen LogP contribution in [0.5, 0.6) is 0 Å². The van der Waals surface area contributed by atoms with E-state index in [-0.39, 0.29) is 12.0 Å². The number of nitrogens with two attached hydrogens (primary N) is 1. The number of unbranched alkanes of at least 4 members (excludes halogenated alkanes) is 11. The van der Waals surface area contributed by atoms with Gasteiger partial charge in [-0.1, -0.05) is 84.0 Å². The van der Waals surface area contributed by atoms with Crippen molar-refractivity contribution in [1.29, 1.82) is 0 Å². The van der Waals surface area contributed by atoms with E-state index in [2.05, 4.69) is 6.92 Å². The molecular formula is C19H39NO2. The maximum atomic E-state index is 10.6. The van der Waals surface area contributed by atoms with E-state index in [1.165, 1.54) is 64.2 Å². The lowest BCUT2D eigenvalue weighted by atomic mass is 10.0. The lowest BCUT2D eigenvalue weighted by Gasteiger charge is -2.10. The third-order valence-electron chi connectivity index (χ3n) is 4.35. The average Bonchev–Trinajstić information content (AvgIpc) is 2.48. The van der Waals surface area contributed by atoms with Crippen molar-refractivity contribution in [2.75, 3.05) is 0 Å². The van der Waals surface area contributed by atoms with E-state index in [1.54, 1.807) is 0 Å².